The molecule has 0 N–H and O–H groups in total. The van der Waals surface area contributed by atoms with Gasteiger partial charge in [-0.05, 0) is 48.4 Å². The number of hydrogen-bond donors (Lipinski definition) is 0. The van der Waals surface area contributed by atoms with E-state index in [9.17, 15) is 4.79 Å². The van der Waals surface area contributed by atoms with Crippen LogP contribution in [0, 0.1) is 0 Å². The Morgan fingerprint density at radius 3 is 2.88 bits per heavy atom. The fraction of sp³-hybridized carbons (Fsp3) is 0.158. The summed E-state index contributed by atoms with van der Waals surface area (Å²) in [5.74, 6) is 1.20. The number of halogens is 1. The number of carbonyl (C=O) groups is 1. The van der Waals surface area contributed by atoms with Crippen molar-refractivity contribution in [2.24, 2.45) is 0 Å². The minimum atomic E-state index is -0.0907. The monoisotopic (exact) mass is 338 g/mol. The van der Waals surface area contributed by atoms with Crippen LogP contribution in [0.15, 0.2) is 48.5 Å². The average Bonchev–Trinajstić information content (AvgIpc) is 3.01. The van der Waals surface area contributed by atoms with Gasteiger partial charge in [0.2, 0.25) is 0 Å². The van der Waals surface area contributed by atoms with E-state index in [0.717, 1.165) is 28.7 Å². The number of carbonyl (C=O) groups excluding carboxylic acids is 1. The molecule has 1 aliphatic heterocycles. The Labute approximate surface area is 144 Å². The summed E-state index contributed by atoms with van der Waals surface area (Å²) in [7, 11) is 1.57. The number of anilines is 1. The van der Waals surface area contributed by atoms with Crippen LogP contribution < -0.4 is 9.64 Å². The second kappa shape index (κ2) is 5.80. The van der Waals surface area contributed by atoms with Crippen molar-refractivity contribution in [1.29, 1.82) is 0 Å². The van der Waals surface area contributed by atoms with E-state index >= 15 is 0 Å². The lowest BCUT2D eigenvalue weighted by molar-refractivity contribution is 0.0986. The molecule has 1 aliphatic rings. The molecule has 2 aromatic carbocycles. The van der Waals surface area contributed by atoms with Gasteiger partial charge in [0.1, 0.15) is 11.6 Å². The summed E-state index contributed by atoms with van der Waals surface area (Å²) >= 11 is 6.06. The number of pyridine rings is 1. The van der Waals surface area contributed by atoms with Crippen molar-refractivity contribution in [3.05, 3.63) is 64.7 Å². The first-order valence-corrected chi connectivity index (χ1v) is 8.09. The quantitative estimate of drug-likeness (QED) is 0.706. The van der Waals surface area contributed by atoms with E-state index in [1.54, 1.807) is 24.1 Å². The van der Waals surface area contributed by atoms with E-state index in [-0.39, 0.29) is 5.91 Å². The van der Waals surface area contributed by atoms with Gasteiger partial charge in [0.05, 0.1) is 18.2 Å². The van der Waals surface area contributed by atoms with Gasteiger partial charge in [0.15, 0.2) is 0 Å². The Hall–Kier alpha value is -2.59. The highest BCUT2D eigenvalue weighted by Crippen LogP contribution is 2.32. The maximum Gasteiger partial charge on any atom is 0.263 e. The molecule has 0 atom stereocenters. The molecular formula is C19H15ClN2O2. The Bertz CT molecular complexity index is 955. The van der Waals surface area contributed by atoms with Gasteiger partial charge in [-0.3, -0.25) is 9.69 Å². The van der Waals surface area contributed by atoms with Crippen molar-refractivity contribution in [1.82, 2.24) is 4.98 Å². The molecule has 0 radical (unpaired) electrons. The van der Waals surface area contributed by atoms with Crippen LogP contribution in [-0.2, 0) is 6.42 Å². The van der Waals surface area contributed by atoms with Gasteiger partial charge in [-0.25, -0.2) is 4.98 Å². The van der Waals surface area contributed by atoms with Crippen molar-refractivity contribution in [3.63, 3.8) is 0 Å². The molecule has 1 aromatic heterocycles. The predicted octanol–water partition coefficient (Wildman–Crippen LogP) is 4.10. The summed E-state index contributed by atoms with van der Waals surface area (Å²) in [5, 5.41) is 1.68. The maximum atomic E-state index is 13.0. The number of fused-ring (bicyclic) bond motifs is 2. The largest absolute Gasteiger partial charge is 0.496 e. The van der Waals surface area contributed by atoms with E-state index in [2.05, 4.69) is 11.1 Å². The number of amides is 1. The zero-order chi connectivity index (χ0) is 16.7. The molecular weight excluding hydrogens is 324 g/mol. The van der Waals surface area contributed by atoms with Crippen LogP contribution in [0.4, 0.5) is 5.82 Å². The molecule has 0 spiro atoms. The summed E-state index contributed by atoms with van der Waals surface area (Å²) in [6.07, 6.45) is 0.783. The van der Waals surface area contributed by atoms with E-state index in [4.69, 9.17) is 16.3 Å². The third-order valence-electron chi connectivity index (χ3n) is 4.28. The molecule has 1 amide bonds. The van der Waals surface area contributed by atoms with Crippen molar-refractivity contribution in [3.8, 4) is 5.75 Å². The maximum absolute atomic E-state index is 13.0. The van der Waals surface area contributed by atoms with E-state index in [1.807, 2.05) is 30.3 Å². The number of methoxy groups -OCH3 is 1. The zero-order valence-electron chi connectivity index (χ0n) is 13.1. The number of ether oxygens (including phenoxy) is 1. The molecule has 4 rings (SSSR count). The molecule has 0 saturated carbocycles. The summed E-state index contributed by atoms with van der Waals surface area (Å²) in [4.78, 5) is 19.4. The summed E-state index contributed by atoms with van der Waals surface area (Å²) < 4.78 is 5.31. The lowest BCUT2D eigenvalue weighted by Gasteiger charge is -2.18. The molecule has 0 aliphatic carbocycles. The average molecular weight is 339 g/mol. The van der Waals surface area contributed by atoms with Gasteiger partial charge in [-0.1, -0.05) is 23.7 Å². The summed E-state index contributed by atoms with van der Waals surface area (Å²) in [5.41, 5.74) is 2.44. The number of benzene rings is 2. The van der Waals surface area contributed by atoms with Crippen molar-refractivity contribution in [2.75, 3.05) is 18.6 Å². The fourth-order valence-electron chi connectivity index (χ4n) is 3.10. The molecule has 0 saturated heterocycles. The van der Waals surface area contributed by atoms with Crippen molar-refractivity contribution < 1.29 is 9.53 Å². The number of rotatable bonds is 2. The van der Waals surface area contributed by atoms with Crippen LogP contribution in [0.1, 0.15) is 15.9 Å². The van der Waals surface area contributed by atoms with Crippen LogP contribution in [0.2, 0.25) is 5.02 Å². The third kappa shape index (κ3) is 2.39. The second-order valence-corrected chi connectivity index (χ2v) is 6.15. The highest BCUT2D eigenvalue weighted by atomic mass is 35.5. The van der Waals surface area contributed by atoms with Gasteiger partial charge in [-0.15, -0.1) is 0 Å². The summed E-state index contributed by atoms with van der Waals surface area (Å²) in [6.45, 7) is 0.614. The Morgan fingerprint density at radius 2 is 2.04 bits per heavy atom. The van der Waals surface area contributed by atoms with Crippen molar-refractivity contribution in [2.45, 2.75) is 6.42 Å². The first-order chi connectivity index (χ1) is 11.7. The Kier molecular flexibility index (Phi) is 3.62. The Balaban J connectivity index is 1.78. The third-order valence-corrected chi connectivity index (χ3v) is 4.51. The first kappa shape index (κ1) is 15.0. The molecule has 0 bridgehead atoms. The highest BCUT2D eigenvalue weighted by Gasteiger charge is 2.29. The van der Waals surface area contributed by atoms with Gasteiger partial charge < -0.3 is 4.74 Å². The number of para-hydroxylation sites is 1. The SMILES string of the molecule is COc1ccccc1C(=O)N1CCc2cc3cc(Cl)ccc3nc21. The zero-order valence-corrected chi connectivity index (χ0v) is 13.9. The Morgan fingerprint density at radius 1 is 1.21 bits per heavy atom. The van der Waals surface area contributed by atoms with E-state index in [0.29, 0.717) is 22.9 Å². The van der Waals surface area contributed by atoms with Gasteiger partial charge in [0.25, 0.3) is 5.91 Å². The molecule has 4 nitrogen and oxygen atoms in total. The lowest BCUT2D eigenvalue weighted by Crippen LogP contribution is -2.29. The van der Waals surface area contributed by atoms with Gasteiger partial charge >= 0.3 is 0 Å². The lowest BCUT2D eigenvalue weighted by atomic mass is 10.1. The van der Waals surface area contributed by atoms with Crippen LogP contribution in [0.25, 0.3) is 10.9 Å². The minimum Gasteiger partial charge on any atom is -0.496 e. The standard InChI is InChI=1S/C19H15ClN2O2/c1-24-17-5-3-2-4-15(17)19(23)22-9-8-12-10-13-11-14(20)6-7-16(13)21-18(12)22/h2-7,10-11H,8-9H2,1H3. The number of nitrogens with zero attached hydrogens (tertiary/aromatic N) is 2. The van der Waals surface area contributed by atoms with Crippen LogP contribution in [-0.4, -0.2) is 24.5 Å². The first-order valence-electron chi connectivity index (χ1n) is 7.71. The van der Waals surface area contributed by atoms with Crippen molar-refractivity contribution >= 4 is 34.2 Å². The van der Waals surface area contributed by atoms with Crippen LogP contribution in [0.3, 0.4) is 0 Å². The van der Waals surface area contributed by atoms with Gasteiger partial charge in [-0.2, -0.15) is 0 Å². The highest BCUT2D eigenvalue weighted by molar-refractivity contribution is 6.31. The minimum absolute atomic E-state index is 0.0907. The molecule has 0 unspecified atom stereocenters. The topological polar surface area (TPSA) is 42.4 Å². The van der Waals surface area contributed by atoms with Gasteiger partial charge in [0, 0.05) is 17.0 Å². The van der Waals surface area contributed by atoms with Crippen LogP contribution in [0.5, 0.6) is 5.75 Å². The molecule has 120 valence electrons. The predicted molar refractivity (Wildman–Crippen MR) is 95.1 cm³/mol. The molecule has 3 aromatic rings. The molecule has 24 heavy (non-hydrogen) atoms. The van der Waals surface area contributed by atoms with Crippen LogP contribution >= 0.6 is 11.6 Å². The number of hydrogen-bond acceptors (Lipinski definition) is 3. The molecule has 5 heteroatoms. The van der Waals surface area contributed by atoms with E-state index < -0.39 is 0 Å². The van der Waals surface area contributed by atoms with E-state index in [1.165, 1.54) is 0 Å². The summed E-state index contributed by atoms with van der Waals surface area (Å²) in [6, 6.07) is 14.9. The second-order valence-electron chi connectivity index (χ2n) is 5.72. The molecule has 2 heterocycles. The smallest absolute Gasteiger partial charge is 0.263 e. The normalized spacial score (nSPS) is 13.2. The fourth-order valence-corrected chi connectivity index (χ4v) is 3.28. The number of aromatic nitrogens is 1. The molecule has 0 fully saturated rings.